The van der Waals surface area contributed by atoms with Gasteiger partial charge in [0.05, 0.1) is 25.0 Å². The van der Waals surface area contributed by atoms with Crippen molar-refractivity contribution >= 4 is 27.5 Å². The Labute approximate surface area is 194 Å². The van der Waals surface area contributed by atoms with Gasteiger partial charge in [0.25, 0.3) is 0 Å². The molecule has 2 aromatic rings. The van der Waals surface area contributed by atoms with Crippen molar-refractivity contribution in [2.24, 2.45) is 5.92 Å². The number of anilines is 1. The van der Waals surface area contributed by atoms with Crippen LogP contribution in [0.4, 0.5) is 5.69 Å². The molecule has 2 N–H and O–H groups in total. The summed E-state index contributed by atoms with van der Waals surface area (Å²) in [6.07, 6.45) is 0.0778. The highest BCUT2D eigenvalue weighted by molar-refractivity contribution is 7.89. The van der Waals surface area contributed by atoms with Crippen LogP contribution in [0.3, 0.4) is 0 Å². The molecule has 178 valence electrons. The van der Waals surface area contributed by atoms with E-state index in [2.05, 4.69) is 10.0 Å². The van der Waals surface area contributed by atoms with E-state index in [1.54, 1.807) is 37.3 Å². The number of nitrogens with zero attached hydrogens (tertiary/aromatic N) is 1. The van der Waals surface area contributed by atoms with E-state index in [1.807, 2.05) is 13.0 Å². The maximum absolute atomic E-state index is 12.6. The van der Waals surface area contributed by atoms with Crippen molar-refractivity contribution in [2.45, 2.75) is 25.2 Å². The second-order valence-corrected chi connectivity index (χ2v) is 9.64. The number of benzene rings is 2. The predicted molar refractivity (Wildman–Crippen MR) is 124 cm³/mol. The van der Waals surface area contributed by atoms with Gasteiger partial charge in [0.1, 0.15) is 0 Å². The molecule has 1 unspecified atom stereocenters. The fraction of sp³-hybridized carbons (Fsp3) is 0.391. The second kappa shape index (κ2) is 10.2. The van der Waals surface area contributed by atoms with Gasteiger partial charge in [-0.3, -0.25) is 9.59 Å². The fourth-order valence-electron chi connectivity index (χ4n) is 3.72. The molecule has 2 amide bonds. The van der Waals surface area contributed by atoms with Gasteiger partial charge >= 0.3 is 0 Å². The van der Waals surface area contributed by atoms with E-state index in [4.69, 9.17) is 9.47 Å². The number of carbonyl (C=O) groups is 2. The monoisotopic (exact) mass is 475 g/mol. The predicted octanol–water partition coefficient (Wildman–Crippen LogP) is 1.77. The van der Waals surface area contributed by atoms with E-state index in [0.717, 1.165) is 5.56 Å². The van der Waals surface area contributed by atoms with Crippen molar-refractivity contribution in [2.75, 3.05) is 38.8 Å². The van der Waals surface area contributed by atoms with E-state index in [1.165, 1.54) is 19.1 Å². The molecule has 1 aliphatic rings. The lowest BCUT2D eigenvalue weighted by molar-refractivity contribution is -0.126. The van der Waals surface area contributed by atoms with E-state index >= 15 is 0 Å². The van der Waals surface area contributed by atoms with Gasteiger partial charge in [-0.2, -0.15) is 0 Å². The minimum Gasteiger partial charge on any atom is -0.493 e. The first kappa shape index (κ1) is 24.5. The SMILES string of the molecule is COc1ccc(N2CC(C(=O)NCCNS(=O)(=O)c3cc(C)ccc3C)CC2=O)cc1OC. The van der Waals surface area contributed by atoms with Crippen LogP contribution >= 0.6 is 0 Å². The highest BCUT2D eigenvalue weighted by Crippen LogP contribution is 2.34. The first-order valence-electron chi connectivity index (χ1n) is 10.5. The van der Waals surface area contributed by atoms with E-state index in [0.29, 0.717) is 22.7 Å². The summed E-state index contributed by atoms with van der Waals surface area (Å²) in [6.45, 7) is 3.95. The average Bonchev–Trinajstić information content (AvgIpc) is 3.19. The van der Waals surface area contributed by atoms with Crippen molar-refractivity contribution in [3.8, 4) is 11.5 Å². The number of methoxy groups -OCH3 is 2. The minimum atomic E-state index is -3.68. The number of hydrogen-bond donors (Lipinski definition) is 2. The second-order valence-electron chi connectivity index (χ2n) is 7.90. The molecule has 2 aromatic carbocycles. The molecule has 0 radical (unpaired) electrons. The molecule has 1 fully saturated rings. The highest BCUT2D eigenvalue weighted by atomic mass is 32.2. The zero-order valence-electron chi connectivity index (χ0n) is 19.2. The van der Waals surface area contributed by atoms with Gasteiger partial charge < -0.3 is 19.7 Å². The van der Waals surface area contributed by atoms with Gasteiger partial charge in [0, 0.05) is 37.8 Å². The first-order valence-corrected chi connectivity index (χ1v) is 12.0. The van der Waals surface area contributed by atoms with Gasteiger partial charge in [0.15, 0.2) is 11.5 Å². The largest absolute Gasteiger partial charge is 0.493 e. The van der Waals surface area contributed by atoms with Crippen molar-refractivity contribution in [1.29, 1.82) is 0 Å². The van der Waals surface area contributed by atoms with Crippen LogP contribution in [0.5, 0.6) is 11.5 Å². The summed E-state index contributed by atoms with van der Waals surface area (Å²) in [5.41, 5.74) is 2.12. The number of hydrogen-bond acceptors (Lipinski definition) is 6. The van der Waals surface area contributed by atoms with Crippen LogP contribution in [0.2, 0.25) is 0 Å². The first-order chi connectivity index (χ1) is 15.7. The number of carbonyl (C=O) groups excluding carboxylic acids is 2. The number of amides is 2. The van der Waals surface area contributed by atoms with Gasteiger partial charge in [-0.1, -0.05) is 12.1 Å². The minimum absolute atomic E-state index is 0.0432. The fourth-order valence-corrected chi connectivity index (χ4v) is 5.07. The summed E-state index contributed by atoms with van der Waals surface area (Å²) >= 11 is 0. The lowest BCUT2D eigenvalue weighted by atomic mass is 10.1. The van der Waals surface area contributed by atoms with Crippen LogP contribution in [0, 0.1) is 19.8 Å². The molecule has 9 nitrogen and oxygen atoms in total. The van der Waals surface area contributed by atoms with Crippen LogP contribution in [-0.4, -0.2) is 54.1 Å². The lowest BCUT2D eigenvalue weighted by Crippen LogP contribution is -2.38. The summed E-state index contributed by atoms with van der Waals surface area (Å²) in [5, 5.41) is 2.72. The average molecular weight is 476 g/mol. The molecule has 0 aliphatic carbocycles. The Balaban J connectivity index is 1.54. The molecular weight excluding hydrogens is 446 g/mol. The number of nitrogens with one attached hydrogen (secondary N) is 2. The Morgan fingerprint density at radius 1 is 1.06 bits per heavy atom. The van der Waals surface area contributed by atoms with Gasteiger partial charge in [-0.05, 0) is 43.2 Å². The molecule has 0 spiro atoms. The lowest BCUT2D eigenvalue weighted by Gasteiger charge is -2.18. The Bertz CT molecular complexity index is 1150. The number of aryl methyl sites for hydroxylation is 2. The Hall–Kier alpha value is -3.11. The molecule has 1 heterocycles. The molecule has 0 bridgehead atoms. The zero-order chi connectivity index (χ0) is 24.2. The van der Waals surface area contributed by atoms with Crippen LogP contribution in [0.25, 0.3) is 0 Å². The molecule has 0 aromatic heterocycles. The molecule has 10 heteroatoms. The Morgan fingerprint density at radius 2 is 1.79 bits per heavy atom. The third-order valence-corrected chi connectivity index (χ3v) is 7.13. The van der Waals surface area contributed by atoms with E-state index in [-0.39, 0.29) is 42.8 Å². The summed E-state index contributed by atoms with van der Waals surface area (Å²) in [6, 6.07) is 10.4. The highest BCUT2D eigenvalue weighted by Gasteiger charge is 2.35. The van der Waals surface area contributed by atoms with Crippen LogP contribution < -0.4 is 24.4 Å². The smallest absolute Gasteiger partial charge is 0.240 e. The van der Waals surface area contributed by atoms with Crippen LogP contribution in [-0.2, 0) is 19.6 Å². The molecule has 0 saturated carbocycles. The summed E-state index contributed by atoms with van der Waals surface area (Å²) in [7, 11) is -0.641. The van der Waals surface area contributed by atoms with Crippen molar-refractivity contribution in [1.82, 2.24) is 10.0 Å². The maximum Gasteiger partial charge on any atom is 0.240 e. The number of ether oxygens (including phenoxy) is 2. The third-order valence-electron chi connectivity index (χ3n) is 5.52. The third kappa shape index (κ3) is 5.63. The standard InChI is InChI=1S/C23H29N3O6S/c1-15-5-6-16(2)21(11-15)33(29,30)25-10-9-24-23(28)17-12-22(27)26(14-17)18-7-8-19(31-3)20(13-18)32-4/h5-8,11,13,17,25H,9-10,12,14H2,1-4H3,(H,24,28). The summed E-state index contributed by atoms with van der Waals surface area (Å²) in [4.78, 5) is 26.8. The molecule has 1 atom stereocenters. The quantitative estimate of drug-likeness (QED) is 0.535. The van der Waals surface area contributed by atoms with E-state index < -0.39 is 15.9 Å². The summed E-state index contributed by atoms with van der Waals surface area (Å²) < 4.78 is 38.1. The topological polar surface area (TPSA) is 114 Å². The Morgan fingerprint density at radius 3 is 2.48 bits per heavy atom. The Kier molecular flexibility index (Phi) is 7.60. The van der Waals surface area contributed by atoms with Gasteiger partial charge in [0.2, 0.25) is 21.8 Å². The van der Waals surface area contributed by atoms with Crippen molar-refractivity contribution < 1.29 is 27.5 Å². The molecule has 1 aliphatic heterocycles. The van der Waals surface area contributed by atoms with Gasteiger partial charge in [-0.25, -0.2) is 13.1 Å². The van der Waals surface area contributed by atoms with E-state index in [9.17, 15) is 18.0 Å². The van der Waals surface area contributed by atoms with Crippen LogP contribution in [0.15, 0.2) is 41.3 Å². The number of rotatable bonds is 9. The van der Waals surface area contributed by atoms with Crippen LogP contribution in [0.1, 0.15) is 17.5 Å². The maximum atomic E-state index is 12.6. The summed E-state index contributed by atoms with van der Waals surface area (Å²) in [5.74, 6) is 0.0498. The normalized spacial score (nSPS) is 16.1. The zero-order valence-corrected chi connectivity index (χ0v) is 20.0. The van der Waals surface area contributed by atoms with Gasteiger partial charge in [-0.15, -0.1) is 0 Å². The molecule has 3 rings (SSSR count). The molecule has 33 heavy (non-hydrogen) atoms. The molecule has 1 saturated heterocycles. The number of sulfonamides is 1. The molecular formula is C23H29N3O6S. The van der Waals surface area contributed by atoms with Crippen molar-refractivity contribution in [3.63, 3.8) is 0 Å². The van der Waals surface area contributed by atoms with Crippen molar-refractivity contribution in [3.05, 3.63) is 47.5 Å².